The van der Waals surface area contributed by atoms with Gasteiger partial charge in [0.05, 0.1) is 6.10 Å². The lowest BCUT2D eigenvalue weighted by atomic mass is 9.64. The number of ether oxygens (including phenoxy) is 1. The molecule has 1 N–H and O–H groups in total. The van der Waals surface area contributed by atoms with Crippen molar-refractivity contribution < 1.29 is 4.74 Å². The minimum Gasteiger partial charge on any atom is -0.378 e. The molecular formula is C18H30N2O. The van der Waals surface area contributed by atoms with Gasteiger partial charge in [-0.3, -0.25) is 0 Å². The molecule has 0 heterocycles. The lowest BCUT2D eigenvalue weighted by Crippen LogP contribution is -2.61. The average Bonchev–Trinajstić information content (AvgIpc) is 2.46. The second-order valence-electron chi connectivity index (χ2n) is 6.85. The molecule has 1 aliphatic carbocycles. The molecule has 0 bridgehead atoms. The molecule has 118 valence electrons. The lowest BCUT2D eigenvalue weighted by molar-refractivity contribution is -0.114. The van der Waals surface area contributed by atoms with Crippen LogP contribution in [0.4, 0.5) is 0 Å². The van der Waals surface area contributed by atoms with Gasteiger partial charge in [-0.2, -0.15) is 0 Å². The number of hydrogen-bond donors (Lipinski definition) is 1. The minimum atomic E-state index is 0.226. The monoisotopic (exact) mass is 290 g/mol. The smallest absolute Gasteiger partial charge is 0.0655 e. The predicted octanol–water partition coefficient (Wildman–Crippen LogP) is 3.08. The van der Waals surface area contributed by atoms with E-state index in [1.54, 1.807) is 0 Å². The van der Waals surface area contributed by atoms with Crippen molar-refractivity contribution in [2.45, 2.75) is 45.4 Å². The maximum Gasteiger partial charge on any atom is 0.0655 e. The summed E-state index contributed by atoms with van der Waals surface area (Å²) in [5.41, 5.74) is 1.59. The number of hydrogen-bond acceptors (Lipinski definition) is 3. The molecule has 0 amide bonds. The van der Waals surface area contributed by atoms with Crippen LogP contribution in [-0.2, 0) is 4.74 Å². The van der Waals surface area contributed by atoms with Crippen LogP contribution in [-0.4, -0.2) is 44.3 Å². The highest BCUT2D eigenvalue weighted by atomic mass is 16.5. The fourth-order valence-corrected chi connectivity index (χ4v) is 3.24. The van der Waals surface area contributed by atoms with E-state index < -0.39 is 0 Å². The first kappa shape index (κ1) is 16.5. The Labute approximate surface area is 129 Å². The van der Waals surface area contributed by atoms with Crippen LogP contribution in [0.2, 0.25) is 0 Å². The largest absolute Gasteiger partial charge is 0.378 e. The Hall–Kier alpha value is -0.900. The molecule has 1 saturated carbocycles. The summed E-state index contributed by atoms with van der Waals surface area (Å²) in [4.78, 5) is 2.29. The van der Waals surface area contributed by atoms with Gasteiger partial charge in [-0.05, 0) is 33.0 Å². The number of likely N-dealkylation sites (N-methyl/N-ethyl adjacent to an activating group) is 1. The molecule has 0 aliphatic heterocycles. The molecule has 0 aromatic heterocycles. The Morgan fingerprint density at radius 2 is 1.95 bits per heavy atom. The number of nitrogens with zero attached hydrogens (tertiary/aromatic N) is 1. The van der Waals surface area contributed by atoms with Crippen LogP contribution in [0.25, 0.3) is 0 Å². The van der Waals surface area contributed by atoms with E-state index in [1.165, 1.54) is 5.56 Å². The summed E-state index contributed by atoms with van der Waals surface area (Å²) in [5.74, 6) is 0. The molecule has 0 radical (unpaired) electrons. The number of rotatable bonds is 7. The highest BCUT2D eigenvalue weighted by Gasteiger charge is 2.48. The third-order valence-electron chi connectivity index (χ3n) is 4.91. The molecule has 21 heavy (non-hydrogen) atoms. The summed E-state index contributed by atoms with van der Waals surface area (Å²) in [7, 11) is 4.29. The topological polar surface area (TPSA) is 24.5 Å². The standard InChI is InChI=1S/C18H30N2O/c1-6-21-17-12-16(18(17,2)3)19-13-15(20(4)5)14-10-8-7-9-11-14/h7-11,15-17,19H,6,12-13H2,1-5H3. The van der Waals surface area contributed by atoms with Crippen molar-refractivity contribution in [2.75, 3.05) is 27.2 Å². The van der Waals surface area contributed by atoms with Gasteiger partial charge in [0, 0.05) is 30.7 Å². The first-order valence-corrected chi connectivity index (χ1v) is 8.03. The van der Waals surface area contributed by atoms with Crippen LogP contribution in [0.3, 0.4) is 0 Å². The molecule has 1 aromatic carbocycles. The summed E-state index contributed by atoms with van der Waals surface area (Å²) in [6.45, 7) is 8.48. The van der Waals surface area contributed by atoms with Crippen LogP contribution in [0.5, 0.6) is 0 Å². The van der Waals surface area contributed by atoms with E-state index >= 15 is 0 Å². The average molecular weight is 290 g/mol. The van der Waals surface area contributed by atoms with Gasteiger partial charge in [0.15, 0.2) is 0 Å². The minimum absolute atomic E-state index is 0.226. The highest BCUT2D eigenvalue weighted by molar-refractivity contribution is 5.19. The zero-order chi connectivity index (χ0) is 15.5. The second-order valence-corrected chi connectivity index (χ2v) is 6.85. The Kier molecular flexibility index (Phi) is 5.42. The highest BCUT2D eigenvalue weighted by Crippen LogP contribution is 2.42. The molecule has 3 atom stereocenters. The Morgan fingerprint density at radius 1 is 1.29 bits per heavy atom. The van der Waals surface area contributed by atoms with Crippen molar-refractivity contribution in [3.63, 3.8) is 0 Å². The first-order chi connectivity index (χ1) is 9.96. The van der Waals surface area contributed by atoms with Crippen molar-refractivity contribution in [1.82, 2.24) is 10.2 Å². The molecule has 1 fully saturated rings. The molecule has 1 aliphatic rings. The SMILES string of the molecule is CCOC1CC(NCC(c2ccccc2)N(C)C)C1(C)C. The third kappa shape index (κ3) is 3.65. The maximum atomic E-state index is 5.81. The van der Waals surface area contributed by atoms with E-state index in [4.69, 9.17) is 4.74 Å². The van der Waals surface area contributed by atoms with Crippen molar-refractivity contribution >= 4 is 0 Å². The predicted molar refractivity (Wildman–Crippen MR) is 88.5 cm³/mol. The summed E-state index contributed by atoms with van der Waals surface area (Å²) in [5, 5.41) is 3.76. The zero-order valence-electron chi connectivity index (χ0n) is 14.1. The summed E-state index contributed by atoms with van der Waals surface area (Å²) in [6.07, 6.45) is 1.52. The first-order valence-electron chi connectivity index (χ1n) is 8.03. The summed E-state index contributed by atoms with van der Waals surface area (Å²) >= 11 is 0. The summed E-state index contributed by atoms with van der Waals surface area (Å²) in [6, 6.07) is 11.7. The molecule has 3 heteroatoms. The fourth-order valence-electron chi connectivity index (χ4n) is 3.24. The van der Waals surface area contributed by atoms with Gasteiger partial charge in [-0.25, -0.2) is 0 Å². The van der Waals surface area contributed by atoms with E-state index in [0.717, 1.165) is 19.6 Å². The van der Waals surface area contributed by atoms with Crippen LogP contribution in [0.15, 0.2) is 30.3 Å². The Morgan fingerprint density at radius 3 is 2.48 bits per heavy atom. The maximum absolute atomic E-state index is 5.81. The lowest BCUT2D eigenvalue weighted by Gasteiger charge is -2.52. The molecule has 0 saturated heterocycles. The van der Waals surface area contributed by atoms with Crippen LogP contribution < -0.4 is 5.32 Å². The van der Waals surface area contributed by atoms with Crippen molar-refractivity contribution in [3.8, 4) is 0 Å². The zero-order valence-corrected chi connectivity index (χ0v) is 14.1. The van der Waals surface area contributed by atoms with Crippen LogP contribution in [0.1, 0.15) is 38.8 Å². The van der Waals surface area contributed by atoms with Crippen LogP contribution in [0, 0.1) is 5.41 Å². The van der Waals surface area contributed by atoms with Gasteiger partial charge >= 0.3 is 0 Å². The van der Waals surface area contributed by atoms with Crippen molar-refractivity contribution in [3.05, 3.63) is 35.9 Å². The van der Waals surface area contributed by atoms with Gasteiger partial charge in [0.2, 0.25) is 0 Å². The van der Waals surface area contributed by atoms with E-state index in [1.807, 2.05) is 0 Å². The second kappa shape index (κ2) is 6.91. The van der Waals surface area contributed by atoms with E-state index in [9.17, 15) is 0 Å². The molecule has 3 unspecified atom stereocenters. The quantitative estimate of drug-likeness (QED) is 0.835. The van der Waals surface area contributed by atoms with Gasteiger partial charge in [0.25, 0.3) is 0 Å². The van der Waals surface area contributed by atoms with Gasteiger partial charge in [-0.1, -0.05) is 44.2 Å². The molecule has 3 nitrogen and oxygen atoms in total. The van der Waals surface area contributed by atoms with E-state index in [0.29, 0.717) is 18.2 Å². The molecule has 2 rings (SSSR count). The van der Waals surface area contributed by atoms with Gasteiger partial charge in [-0.15, -0.1) is 0 Å². The summed E-state index contributed by atoms with van der Waals surface area (Å²) < 4.78 is 5.81. The van der Waals surface area contributed by atoms with Crippen molar-refractivity contribution in [1.29, 1.82) is 0 Å². The molecule has 1 aromatic rings. The Bertz CT molecular complexity index is 430. The van der Waals surface area contributed by atoms with Gasteiger partial charge < -0.3 is 15.0 Å². The molecule has 0 spiro atoms. The number of benzene rings is 1. The molecular weight excluding hydrogens is 260 g/mol. The normalized spacial score (nSPS) is 25.6. The van der Waals surface area contributed by atoms with Gasteiger partial charge in [0.1, 0.15) is 0 Å². The fraction of sp³-hybridized carbons (Fsp3) is 0.667. The Balaban J connectivity index is 1.92. The van der Waals surface area contributed by atoms with Crippen molar-refractivity contribution in [2.24, 2.45) is 5.41 Å². The van der Waals surface area contributed by atoms with Crippen LogP contribution >= 0.6 is 0 Å². The number of nitrogens with one attached hydrogen (secondary N) is 1. The van der Waals surface area contributed by atoms with E-state index in [-0.39, 0.29) is 5.41 Å². The third-order valence-corrected chi connectivity index (χ3v) is 4.91. The van der Waals surface area contributed by atoms with E-state index in [2.05, 4.69) is 75.4 Å².